The molecule has 0 radical (unpaired) electrons. The van der Waals surface area contributed by atoms with Gasteiger partial charge in [0.25, 0.3) is 0 Å². The van der Waals surface area contributed by atoms with E-state index in [1.807, 2.05) is 0 Å². The molecule has 0 aliphatic carbocycles. The van der Waals surface area contributed by atoms with Crippen LogP contribution in [0.4, 0.5) is 0 Å². The molecular weight excluding hydrogens is 404 g/mol. The van der Waals surface area contributed by atoms with E-state index in [0.717, 1.165) is 19.3 Å². The predicted octanol–water partition coefficient (Wildman–Crippen LogP) is 4.15. The average Bonchev–Trinajstić information content (AvgIpc) is 2.73. The highest BCUT2D eigenvalue weighted by atomic mass is 16.5. The Morgan fingerprint density at radius 2 is 1.06 bits per heavy atom. The van der Waals surface area contributed by atoms with Crippen LogP contribution in [0.3, 0.4) is 0 Å². The van der Waals surface area contributed by atoms with Crippen molar-refractivity contribution in [3.8, 4) is 34.5 Å². The van der Waals surface area contributed by atoms with E-state index in [1.165, 1.54) is 52.3 Å². The zero-order chi connectivity index (χ0) is 23.0. The molecule has 2 aromatic carbocycles. The molecule has 0 aromatic heterocycles. The SMILES string of the molecule is COc1cc(O)c(C(C)=O)cc1OCCCCCOc1cc(C(C)=O)c(O)cc1OC. The first-order valence-electron chi connectivity index (χ1n) is 9.88. The molecule has 2 rings (SSSR count). The summed E-state index contributed by atoms with van der Waals surface area (Å²) in [6, 6.07) is 5.67. The van der Waals surface area contributed by atoms with Gasteiger partial charge in [-0.15, -0.1) is 0 Å². The third kappa shape index (κ3) is 6.28. The van der Waals surface area contributed by atoms with E-state index in [9.17, 15) is 19.8 Å². The van der Waals surface area contributed by atoms with E-state index in [4.69, 9.17) is 18.9 Å². The Kier molecular flexibility index (Phi) is 8.54. The molecule has 0 unspecified atom stereocenters. The summed E-state index contributed by atoms with van der Waals surface area (Å²) in [5.74, 6) is 0.676. The van der Waals surface area contributed by atoms with Crippen LogP contribution in [-0.2, 0) is 0 Å². The molecule has 8 nitrogen and oxygen atoms in total. The molecule has 0 aliphatic rings. The minimum atomic E-state index is -0.264. The van der Waals surface area contributed by atoms with Gasteiger partial charge in [0.1, 0.15) is 11.5 Å². The van der Waals surface area contributed by atoms with Crippen molar-refractivity contribution < 1.29 is 38.7 Å². The molecule has 2 aromatic rings. The molecule has 0 aliphatic heterocycles. The third-order valence-electron chi connectivity index (χ3n) is 4.63. The van der Waals surface area contributed by atoms with E-state index < -0.39 is 0 Å². The number of phenolic OH excluding ortho intramolecular Hbond substituents is 2. The predicted molar refractivity (Wildman–Crippen MR) is 114 cm³/mol. The monoisotopic (exact) mass is 432 g/mol. The fraction of sp³-hybridized carbons (Fsp3) is 0.391. The minimum Gasteiger partial charge on any atom is -0.507 e. The molecule has 0 bridgehead atoms. The number of ether oxygens (including phenoxy) is 4. The lowest BCUT2D eigenvalue weighted by Gasteiger charge is -2.14. The summed E-state index contributed by atoms with van der Waals surface area (Å²) in [5, 5.41) is 19.7. The number of methoxy groups -OCH3 is 2. The van der Waals surface area contributed by atoms with Crippen LogP contribution in [0.2, 0.25) is 0 Å². The fourth-order valence-corrected chi connectivity index (χ4v) is 2.95. The van der Waals surface area contributed by atoms with Crippen molar-refractivity contribution in [1.82, 2.24) is 0 Å². The summed E-state index contributed by atoms with van der Waals surface area (Å²) in [4.78, 5) is 23.2. The van der Waals surface area contributed by atoms with Crippen LogP contribution < -0.4 is 18.9 Å². The Morgan fingerprint density at radius 1 is 0.677 bits per heavy atom. The van der Waals surface area contributed by atoms with Gasteiger partial charge < -0.3 is 29.2 Å². The lowest BCUT2D eigenvalue weighted by atomic mass is 10.1. The number of phenols is 2. The molecule has 31 heavy (non-hydrogen) atoms. The van der Waals surface area contributed by atoms with Gasteiger partial charge in [-0.3, -0.25) is 9.59 Å². The third-order valence-corrected chi connectivity index (χ3v) is 4.63. The Morgan fingerprint density at radius 3 is 1.39 bits per heavy atom. The maximum absolute atomic E-state index is 11.6. The van der Waals surface area contributed by atoms with E-state index >= 15 is 0 Å². The van der Waals surface area contributed by atoms with Crippen molar-refractivity contribution in [1.29, 1.82) is 0 Å². The van der Waals surface area contributed by atoms with Crippen molar-refractivity contribution in [2.45, 2.75) is 33.1 Å². The van der Waals surface area contributed by atoms with Gasteiger partial charge in [-0.2, -0.15) is 0 Å². The minimum absolute atomic E-state index is 0.147. The molecule has 0 heterocycles. The molecule has 8 heteroatoms. The zero-order valence-corrected chi connectivity index (χ0v) is 18.2. The number of hydrogen-bond donors (Lipinski definition) is 2. The lowest BCUT2D eigenvalue weighted by molar-refractivity contribution is 0.100. The van der Waals surface area contributed by atoms with Gasteiger partial charge in [0.05, 0.1) is 38.6 Å². The quantitative estimate of drug-likeness (QED) is 0.380. The van der Waals surface area contributed by atoms with Crippen molar-refractivity contribution in [2.24, 2.45) is 0 Å². The van der Waals surface area contributed by atoms with Crippen LogP contribution in [0, 0.1) is 0 Å². The van der Waals surface area contributed by atoms with E-state index in [0.29, 0.717) is 36.2 Å². The molecule has 168 valence electrons. The van der Waals surface area contributed by atoms with Crippen molar-refractivity contribution in [3.05, 3.63) is 35.4 Å². The average molecular weight is 432 g/mol. The maximum atomic E-state index is 11.6. The van der Waals surface area contributed by atoms with Crippen LogP contribution in [-0.4, -0.2) is 49.2 Å². The standard InChI is InChI=1S/C23H28O8/c1-14(24)16-10-22(20(28-3)12-18(16)26)30-8-6-5-7-9-31-23-11-17(15(2)25)19(27)13-21(23)29-4/h10-13,26-27H,5-9H2,1-4H3. The number of ketones is 2. The molecular formula is C23H28O8. The van der Waals surface area contributed by atoms with Gasteiger partial charge in [0.2, 0.25) is 0 Å². The van der Waals surface area contributed by atoms with Gasteiger partial charge in [0, 0.05) is 12.1 Å². The maximum Gasteiger partial charge on any atom is 0.164 e. The highest BCUT2D eigenvalue weighted by Crippen LogP contribution is 2.35. The fourth-order valence-electron chi connectivity index (χ4n) is 2.95. The number of carbonyl (C=O) groups excluding carboxylic acids is 2. The van der Waals surface area contributed by atoms with Gasteiger partial charge >= 0.3 is 0 Å². The molecule has 0 amide bonds. The van der Waals surface area contributed by atoms with Gasteiger partial charge in [-0.25, -0.2) is 0 Å². The van der Waals surface area contributed by atoms with E-state index in [-0.39, 0.29) is 34.2 Å². The largest absolute Gasteiger partial charge is 0.507 e. The lowest BCUT2D eigenvalue weighted by Crippen LogP contribution is -2.04. The second kappa shape index (κ2) is 11.1. The molecule has 2 N–H and O–H groups in total. The summed E-state index contributed by atoms with van der Waals surface area (Å²) in [6.07, 6.45) is 2.27. The molecule has 0 spiro atoms. The first-order valence-corrected chi connectivity index (χ1v) is 9.88. The number of Topliss-reactive ketones (excluding diaryl/α,β-unsaturated/α-hetero) is 2. The molecule has 0 saturated heterocycles. The van der Waals surface area contributed by atoms with Crippen molar-refractivity contribution in [3.63, 3.8) is 0 Å². The molecule has 0 saturated carbocycles. The Labute approximate surface area is 181 Å². The summed E-state index contributed by atoms with van der Waals surface area (Å²) < 4.78 is 21.8. The van der Waals surface area contributed by atoms with E-state index in [2.05, 4.69) is 0 Å². The van der Waals surface area contributed by atoms with Crippen LogP contribution in [0.15, 0.2) is 24.3 Å². The van der Waals surface area contributed by atoms with Crippen LogP contribution in [0.1, 0.15) is 53.8 Å². The zero-order valence-electron chi connectivity index (χ0n) is 18.2. The van der Waals surface area contributed by atoms with Crippen LogP contribution >= 0.6 is 0 Å². The first-order chi connectivity index (χ1) is 14.8. The Bertz CT molecular complexity index is 860. The number of aromatic hydroxyl groups is 2. The smallest absolute Gasteiger partial charge is 0.164 e. The highest BCUT2D eigenvalue weighted by Gasteiger charge is 2.15. The summed E-state index contributed by atoms with van der Waals surface area (Å²) >= 11 is 0. The number of carbonyl (C=O) groups is 2. The first kappa shape index (κ1) is 23.9. The van der Waals surface area contributed by atoms with E-state index in [1.54, 1.807) is 0 Å². The van der Waals surface area contributed by atoms with Crippen LogP contribution in [0.5, 0.6) is 34.5 Å². The van der Waals surface area contributed by atoms with Crippen molar-refractivity contribution >= 4 is 11.6 Å². The normalized spacial score (nSPS) is 10.5. The van der Waals surface area contributed by atoms with Crippen molar-refractivity contribution in [2.75, 3.05) is 27.4 Å². The Hall–Kier alpha value is -3.42. The summed E-state index contributed by atoms with van der Waals surface area (Å²) in [7, 11) is 2.92. The number of hydrogen-bond acceptors (Lipinski definition) is 8. The van der Waals surface area contributed by atoms with Gasteiger partial charge in [-0.05, 0) is 45.2 Å². The highest BCUT2D eigenvalue weighted by molar-refractivity contribution is 5.98. The Balaban J connectivity index is 1.84. The molecule has 0 atom stereocenters. The number of benzene rings is 2. The van der Waals surface area contributed by atoms with Crippen LogP contribution in [0.25, 0.3) is 0 Å². The number of unbranched alkanes of at least 4 members (excludes halogenated alkanes) is 2. The second-order valence-electron chi connectivity index (χ2n) is 6.91. The van der Waals surface area contributed by atoms with Gasteiger partial charge in [0.15, 0.2) is 34.6 Å². The number of rotatable bonds is 12. The summed E-state index contributed by atoms with van der Waals surface area (Å²) in [5.41, 5.74) is 0.356. The molecule has 0 fully saturated rings. The second-order valence-corrected chi connectivity index (χ2v) is 6.91. The van der Waals surface area contributed by atoms with Gasteiger partial charge in [-0.1, -0.05) is 0 Å². The topological polar surface area (TPSA) is 112 Å². The summed E-state index contributed by atoms with van der Waals surface area (Å²) in [6.45, 7) is 3.53.